The minimum Gasteiger partial charge on any atom is -0.466 e. The quantitative estimate of drug-likeness (QED) is 0.671. The Hall–Kier alpha value is -0.570. The highest BCUT2D eigenvalue weighted by molar-refractivity contribution is 5.73. The fourth-order valence-corrected chi connectivity index (χ4v) is 1.94. The lowest BCUT2D eigenvalue weighted by atomic mass is 9.92. The van der Waals surface area contributed by atoms with Gasteiger partial charge in [-0.15, -0.1) is 0 Å². The molecule has 3 nitrogen and oxygen atoms in total. The number of carbonyl (C=O) groups excluding carboxylic acids is 1. The smallest absolute Gasteiger partial charge is 0.310 e. The van der Waals surface area contributed by atoms with Gasteiger partial charge in [0.1, 0.15) is 0 Å². The van der Waals surface area contributed by atoms with Crippen LogP contribution in [0, 0.1) is 11.8 Å². The van der Waals surface area contributed by atoms with Gasteiger partial charge in [0.05, 0.1) is 12.5 Å². The minimum absolute atomic E-state index is 0.0359. The van der Waals surface area contributed by atoms with Gasteiger partial charge >= 0.3 is 5.97 Å². The van der Waals surface area contributed by atoms with E-state index in [0.29, 0.717) is 18.6 Å². The summed E-state index contributed by atoms with van der Waals surface area (Å²) in [6.45, 7) is 7.54. The summed E-state index contributed by atoms with van der Waals surface area (Å²) in [5.74, 6) is 0.531. The van der Waals surface area contributed by atoms with Gasteiger partial charge in [-0.05, 0) is 25.8 Å². The van der Waals surface area contributed by atoms with Gasteiger partial charge in [-0.2, -0.15) is 0 Å². The number of nitrogens with one attached hydrogen (secondary N) is 1. The van der Waals surface area contributed by atoms with Crippen molar-refractivity contribution in [1.82, 2.24) is 5.32 Å². The largest absolute Gasteiger partial charge is 0.466 e. The van der Waals surface area contributed by atoms with Crippen molar-refractivity contribution < 1.29 is 9.53 Å². The SMILES string of the molecule is CCOC(=O)[C@H]1CCN[C@H]1C(C)C. The Morgan fingerprint density at radius 3 is 2.85 bits per heavy atom. The molecule has 2 atom stereocenters. The lowest BCUT2D eigenvalue weighted by Gasteiger charge is -2.21. The van der Waals surface area contributed by atoms with E-state index in [9.17, 15) is 4.79 Å². The van der Waals surface area contributed by atoms with Crippen molar-refractivity contribution in [2.24, 2.45) is 11.8 Å². The van der Waals surface area contributed by atoms with Crippen molar-refractivity contribution in [3.05, 3.63) is 0 Å². The van der Waals surface area contributed by atoms with Crippen LogP contribution >= 0.6 is 0 Å². The first kappa shape index (κ1) is 10.5. The highest BCUT2D eigenvalue weighted by atomic mass is 16.5. The average Bonchev–Trinajstić information content (AvgIpc) is 2.52. The first-order valence-corrected chi connectivity index (χ1v) is 5.06. The standard InChI is InChI=1S/C10H19NO2/c1-4-13-10(12)8-5-6-11-9(8)7(2)3/h7-9,11H,4-6H2,1-3H3/t8-,9-/m0/s1. The van der Waals surface area contributed by atoms with Crippen molar-refractivity contribution in [2.45, 2.75) is 33.2 Å². The molecule has 0 unspecified atom stereocenters. The summed E-state index contributed by atoms with van der Waals surface area (Å²) in [5, 5.41) is 3.34. The molecule has 0 aromatic carbocycles. The molecule has 1 saturated heterocycles. The third-order valence-corrected chi connectivity index (χ3v) is 2.58. The van der Waals surface area contributed by atoms with Crippen LogP contribution in [0.4, 0.5) is 0 Å². The second kappa shape index (κ2) is 4.61. The summed E-state index contributed by atoms with van der Waals surface area (Å²) >= 11 is 0. The van der Waals surface area contributed by atoms with Crippen molar-refractivity contribution >= 4 is 5.97 Å². The Balaban J connectivity index is 2.52. The molecule has 13 heavy (non-hydrogen) atoms. The molecule has 0 saturated carbocycles. The molecule has 3 heteroatoms. The molecule has 0 aromatic heterocycles. The van der Waals surface area contributed by atoms with Crippen LogP contribution in [0.5, 0.6) is 0 Å². The summed E-state index contributed by atoms with van der Waals surface area (Å²) in [5.41, 5.74) is 0. The number of esters is 1. The maximum Gasteiger partial charge on any atom is 0.310 e. The molecule has 0 spiro atoms. The number of rotatable bonds is 3. The van der Waals surface area contributed by atoms with Gasteiger partial charge in [-0.3, -0.25) is 4.79 Å². The van der Waals surface area contributed by atoms with E-state index in [2.05, 4.69) is 19.2 Å². The minimum atomic E-state index is -0.0359. The maximum absolute atomic E-state index is 11.5. The van der Waals surface area contributed by atoms with Gasteiger partial charge < -0.3 is 10.1 Å². The molecule has 0 aromatic rings. The van der Waals surface area contributed by atoms with Crippen LogP contribution in [0.15, 0.2) is 0 Å². The van der Waals surface area contributed by atoms with Gasteiger partial charge in [0, 0.05) is 6.04 Å². The maximum atomic E-state index is 11.5. The lowest BCUT2D eigenvalue weighted by molar-refractivity contribution is -0.148. The zero-order chi connectivity index (χ0) is 9.84. The van der Waals surface area contributed by atoms with Gasteiger partial charge in [0.25, 0.3) is 0 Å². The van der Waals surface area contributed by atoms with E-state index in [0.717, 1.165) is 13.0 Å². The Bertz CT molecular complexity index is 180. The molecular weight excluding hydrogens is 166 g/mol. The van der Waals surface area contributed by atoms with Crippen LogP contribution in [0.3, 0.4) is 0 Å². The molecular formula is C10H19NO2. The second-order valence-electron chi connectivity index (χ2n) is 3.87. The summed E-state index contributed by atoms with van der Waals surface area (Å²) in [6.07, 6.45) is 0.918. The third kappa shape index (κ3) is 2.44. The fourth-order valence-electron chi connectivity index (χ4n) is 1.94. The Morgan fingerprint density at radius 1 is 1.62 bits per heavy atom. The number of hydrogen-bond donors (Lipinski definition) is 1. The molecule has 1 N–H and O–H groups in total. The predicted molar refractivity (Wildman–Crippen MR) is 51.4 cm³/mol. The molecule has 1 rings (SSSR count). The molecule has 76 valence electrons. The van der Waals surface area contributed by atoms with Crippen molar-refractivity contribution in [3.63, 3.8) is 0 Å². The first-order valence-electron chi connectivity index (χ1n) is 5.06. The molecule has 1 fully saturated rings. The zero-order valence-corrected chi connectivity index (χ0v) is 8.67. The van der Waals surface area contributed by atoms with Crippen LogP contribution in [0.25, 0.3) is 0 Å². The van der Waals surface area contributed by atoms with Crippen molar-refractivity contribution in [3.8, 4) is 0 Å². The zero-order valence-electron chi connectivity index (χ0n) is 8.67. The predicted octanol–water partition coefficient (Wildman–Crippen LogP) is 1.18. The number of carbonyl (C=O) groups is 1. The summed E-state index contributed by atoms with van der Waals surface area (Å²) in [7, 11) is 0. The molecule has 0 amide bonds. The van der Waals surface area contributed by atoms with Crippen molar-refractivity contribution in [2.75, 3.05) is 13.2 Å². The monoisotopic (exact) mass is 185 g/mol. The Kier molecular flexibility index (Phi) is 3.72. The Labute approximate surface area is 79.8 Å². The van der Waals surface area contributed by atoms with Crippen LogP contribution in [0.2, 0.25) is 0 Å². The molecule has 0 bridgehead atoms. The van der Waals surface area contributed by atoms with Gasteiger partial charge in [0.15, 0.2) is 0 Å². The summed E-state index contributed by atoms with van der Waals surface area (Å²) in [4.78, 5) is 11.5. The van der Waals surface area contributed by atoms with E-state index in [1.54, 1.807) is 0 Å². The molecule has 0 radical (unpaired) electrons. The number of ether oxygens (including phenoxy) is 1. The molecule has 1 aliphatic rings. The van der Waals surface area contributed by atoms with E-state index in [4.69, 9.17) is 4.74 Å². The molecule has 1 heterocycles. The van der Waals surface area contributed by atoms with E-state index < -0.39 is 0 Å². The van der Waals surface area contributed by atoms with Crippen molar-refractivity contribution in [1.29, 1.82) is 0 Å². The molecule has 1 aliphatic heterocycles. The molecule has 0 aliphatic carbocycles. The van der Waals surface area contributed by atoms with Crippen LogP contribution < -0.4 is 5.32 Å². The second-order valence-corrected chi connectivity index (χ2v) is 3.87. The summed E-state index contributed by atoms with van der Waals surface area (Å²) in [6, 6.07) is 0.305. The first-order chi connectivity index (χ1) is 6.16. The number of hydrogen-bond acceptors (Lipinski definition) is 3. The summed E-state index contributed by atoms with van der Waals surface area (Å²) < 4.78 is 5.03. The average molecular weight is 185 g/mol. The van der Waals surface area contributed by atoms with E-state index in [1.807, 2.05) is 6.92 Å². The normalized spacial score (nSPS) is 28.0. The van der Waals surface area contributed by atoms with Gasteiger partial charge in [0.2, 0.25) is 0 Å². The van der Waals surface area contributed by atoms with E-state index in [-0.39, 0.29) is 11.9 Å². The highest BCUT2D eigenvalue weighted by Crippen LogP contribution is 2.22. The Morgan fingerprint density at radius 2 is 2.31 bits per heavy atom. The van der Waals surface area contributed by atoms with Gasteiger partial charge in [-0.1, -0.05) is 13.8 Å². The lowest BCUT2D eigenvalue weighted by Crippen LogP contribution is -2.36. The van der Waals surface area contributed by atoms with E-state index >= 15 is 0 Å². The third-order valence-electron chi connectivity index (χ3n) is 2.58. The van der Waals surface area contributed by atoms with E-state index in [1.165, 1.54) is 0 Å². The highest BCUT2D eigenvalue weighted by Gasteiger charge is 2.35. The topological polar surface area (TPSA) is 38.3 Å². The van der Waals surface area contributed by atoms with Crippen LogP contribution in [-0.4, -0.2) is 25.2 Å². The van der Waals surface area contributed by atoms with Crippen LogP contribution in [0.1, 0.15) is 27.2 Å². The van der Waals surface area contributed by atoms with Crippen LogP contribution in [-0.2, 0) is 9.53 Å². The fraction of sp³-hybridized carbons (Fsp3) is 0.900. The van der Waals surface area contributed by atoms with Gasteiger partial charge in [-0.25, -0.2) is 0 Å².